The van der Waals surface area contributed by atoms with E-state index in [1.54, 1.807) is 0 Å². The Morgan fingerprint density at radius 3 is 1.29 bits per heavy atom. The van der Waals surface area contributed by atoms with E-state index < -0.39 is 0 Å². The van der Waals surface area contributed by atoms with E-state index in [0.29, 0.717) is 0 Å². The summed E-state index contributed by atoms with van der Waals surface area (Å²) in [7, 11) is 0. The summed E-state index contributed by atoms with van der Waals surface area (Å²) in [6, 6.07) is -1.36. The zero-order valence-electron chi connectivity index (χ0n) is 13.2. The maximum Gasteiger partial charge on any atom is 0.322 e. The second kappa shape index (κ2) is 11.4. The van der Waals surface area contributed by atoms with Crippen molar-refractivity contribution in [3.05, 3.63) is 0 Å². The van der Waals surface area contributed by atoms with Crippen LogP contribution in [-0.2, 0) is 9.59 Å². The predicted molar refractivity (Wildman–Crippen MR) is 96.2 cm³/mol. The Kier molecular flexibility index (Phi) is 9.92. The predicted octanol–water partition coefficient (Wildman–Crippen LogP) is 1.52. The van der Waals surface area contributed by atoms with Gasteiger partial charge in [0.15, 0.2) is 0 Å². The number of hydrogen-bond acceptors (Lipinski definition) is 4. The summed E-state index contributed by atoms with van der Waals surface area (Å²) in [6.07, 6.45) is 5.40. The summed E-state index contributed by atoms with van der Waals surface area (Å²) >= 11 is 6.60. The van der Waals surface area contributed by atoms with Crippen LogP contribution in [-0.4, -0.2) is 46.6 Å². The third kappa shape index (κ3) is 7.61. The van der Waals surface area contributed by atoms with Gasteiger partial charge in [0.1, 0.15) is 12.1 Å². The first-order valence-electron chi connectivity index (χ1n) is 7.82. The van der Waals surface area contributed by atoms with E-state index in [4.69, 9.17) is 0 Å². The highest BCUT2D eigenvalue weighted by atomic mass is 79.9. The van der Waals surface area contributed by atoms with Gasteiger partial charge in [-0.25, -0.2) is 9.59 Å². The van der Waals surface area contributed by atoms with E-state index in [9.17, 15) is 19.2 Å². The number of amides is 6. The first-order chi connectivity index (χ1) is 11.5. The normalized spacial score (nSPS) is 22.2. The Hall–Kier alpha value is -1.16. The van der Waals surface area contributed by atoms with Gasteiger partial charge >= 0.3 is 12.1 Å². The largest absolute Gasteiger partial charge is 0.326 e. The van der Waals surface area contributed by atoms with Crippen molar-refractivity contribution >= 4 is 55.7 Å². The molecule has 2 rings (SSSR count). The van der Waals surface area contributed by atoms with Gasteiger partial charge in [0.25, 0.3) is 11.8 Å². The van der Waals surface area contributed by atoms with Crippen LogP contribution >= 0.6 is 31.9 Å². The zero-order chi connectivity index (χ0) is 17.9. The van der Waals surface area contributed by atoms with Gasteiger partial charge in [-0.05, 0) is 25.7 Å². The molecular weight excluding hydrogens is 448 g/mol. The first kappa shape index (κ1) is 20.9. The molecule has 0 aromatic rings. The Morgan fingerprint density at radius 2 is 1.04 bits per heavy atom. The number of urea groups is 2. The lowest BCUT2D eigenvalue weighted by molar-refractivity contribution is -0.121. The first-order valence-corrected chi connectivity index (χ1v) is 10.1. The van der Waals surface area contributed by atoms with E-state index >= 15 is 0 Å². The molecular formula is C14H22Br2N4O4. The molecule has 24 heavy (non-hydrogen) atoms. The van der Waals surface area contributed by atoms with Gasteiger partial charge in [0, 0.05) is 10.7 Å². The zero-order valence-corrected chi connectivity index (χ0v) is 16.4. The van der Waals surface area contributed by atoms with Crippen molar-refractivity contribution in [1.29, 1.82) is 0 Å². The second-order valence-electron chi connectivity index (χ2n) is 5.40. The molecule has 10 heteroatoms. The van der Waals surface area contributed by atoms with Gasteiger partial charge in [-0.15, -0.1) is 0 Å². The fraction of sp³-hybridized carbons (Fsp3) is 0.714. The molecule has 2 aliphatic rings. The van der Waals surface area contributed by atoms with Crippen LogP contribution < -0.4 is 21.3 Å². The molecule has 4 N–H and O–H groups in total. The monoisotopic (exact) mass is 468 g/mol. The van der Waals surface area contributed by atoms with E-state index in [-0.39, 0.29) is 36.0 Å². The third-order valence-corrected chi connectivity index (χ3v) is 4.59. The van der Waals surface area contributed by atoms with Crippen LogP contribution in [0.3, 0.4) is 0 Å². The van der Waals surface area contributed by atoms with Gasteiger partial charge < -0.3 is 10.6 Å². The van der Waals surface area contributed by atoms with Gasteiger partial charge in [-0.1, -0.05) is 44.7 Å². The molecule has 0 aromatic carbocycles. The van der Waals surface area contributed by atoms with E-state index in [2.05, 4.69) is 53.1 Å². The molecule has 8 nitrogen and oxygen atoms in total. The third-order valence-electron chi connectivity index (χ3n) is 3.47. The quantitative estimate of drug-likeness (QED) is 0.245. The molecule has 0 aromatic heterocycles. The molecule has 0 bridgehead atoms. The molecule has 2 fully saturated rings. The molecule has 6 amide bonds. The van der Waals surface area contributed by atoms with Gasteiger partial charge in [-0.3, -0.25) is 20.2 Å². The van der Waals surface area contributed by atoms with Crippen molar-refractivity contribution in [2.75, 3.05) is 10.7 Å². The van der Waals surface area contributed by atoms with E-state index in [1.165, 1.54) is 0 Å². The molecule has 0 spiro atoms. The molecule has 0 radical (unpaired) electrons. The molecule has 136 valence electrons. The minimum absolute atomic E-state index is 0.199. The lowest BCUT2D eigenvalue weighted by atomic mass is 10.1. The molecule has 2 atom stereocenters. The topological polar surface area (TPSA) is 116 Å². The van der Waals surface area contributed by atoms with Crippen LogP contribution in [0.25, 0.3) is 0 Å². The Morgan fingerprint density at radius 1 is 0.667 bits per heavy atom. The summed E-state index contributed by atoms with van der Waals surface area (Å²) < 4.78 is 0. The number of carbonyl (C=O) groups excluding carboxylic acids is 4. The van der Waals surface area contributed by atoms with Crippen molar-refractivity contribution in [3.8, 4) is 0 Å². The number of carbonyl (C=O) groups is 4. The number of rotatable bonds is 8. The van der Waals surface area contributed by atoms with Crippen LogP contribution in [0.2, 0.25) is 0 Å². The van der Waals surface area contributed by atoms with Gasteiger partial charge in [-0.2, -0.15) is 0 Å². The van der Waals surface area contributed by atoms with Gasteiger partial charge in [0.2, 0.25) is 0 Å². The lowest BCUT2D eigenvalue weighted by Crippen LogP contribution is -2.28. The van der Waals surface area contributed by atoms with Crippen LogP contribution in [0.4, 0.5) is 9.59 Å². The van der Waals surface area contributed by atoms with Gasteiger partial charge in [0.05, 0.1) is 0 Å². The summed E-state index contributed by atoms with van der Waals surface area (Å²) in [4.78, 5) is 43.2. The van der Waals surface area contributed by atoms with Crippen molar-refractivity contribution in [2.45, 2.75) is 50.6 Å². The summed E-state index contributed by atoms with van der Waals surface area (Å²) in [6.45, 7) is 0. The Balaban J connectivity index is 0.000000240. The maximum absolute atomic E-state index is 11.0. The fourth-order valence-electron chi connectivity index (χ4n) is 2.21. The number of alkyl halides is 2. The summed E-state index contributed by atoms with van der Waals surface area (Å²) in [5.74, 6) is -0.399. The molecule has 0 aliphatic carbocycles. The number of nitrogens with one attached hydrogen (secondary N) is 4. The van der Waals surface area contributed by atoms with Crippen molar-refractivity contribution < 1.29 is 19.2 Å². The summed E-state index contributed by atoms with van der Waals surface area (Å²) in [5, 5.41) is 11.4. The average Bonchev–Trinajstić information content (AvgIpc) is 3.01. The van der Waals surface area contributed by atoms with Crippen LogP contribution in [0, 0.1) is 0 Å². The van der Waals surface area contributed by atoms with Crippen molar-refractivity contribution in [2.24, 2.45) is 0 Å². The highest BCUT2D eigenvalue weighted by Crippen LogP contribution is 2.06. The number of halogens is 2. The van der Waals surface area contributed by atoms with E-state index in [1.807, 2.05) is 0 Å². The second-order valence-corrected chi connectivity index (χ2v) is 6.99. The van der Waals surface area contributed by atoms with E-state index in [0.717, 1.165) is 49.2 Å². The molecule has 2 aliphatic heterocycles. The highest BCUT2D eigenvalue weighted by molar-refractivity contribution is 9.09. The minimum atomic E-state index is -0.371. The van der Waals surface area contributed by atoms with Crippen LogP contribution in [0.5, 0.6) is 0 Å². The van der Waals surface area contributed by atoms with Crippen LogP contribution in [0.15, 0.2) is 0 Å². The fourth-order valence-corrected chi connectivity index (χ4v) is 3.00. The molecule has 0 saturated carbocycles. The summed E-state index contributed by atoms with van der Waals surface area (Å²) in [5.41, 5.74) is 0. The maximum atomic E-state index is 11.0. The average molecular weight is 470 g/mol. The standard InChI is InChI=1S/2C7H11BrN2O2/c2*8-4-2-1-3-5-6(11)10-7(12)9-5/h2*5H,1-4H2,(H2,9,10,11,12). The number of imide groups is 2. The molecule has 2 heterocycles. The van der Waals surface area contributed by atoms with Crippen molar-refractivity contribution in [1.82, 2.24) is 21.3 Å². The smallest absolute Gasteiger partial charge is 0.322 e. The Bertz CT molecular complexity index is 434. The Labute approximate surface area is 157 Å². The lowest BCUT2D eigenvalue weighted by Gasteiger charge is -2.04. The highest BCUT2D eigenvalue weighted by Gasteiger charge is 2.29. The van der Waals surface area contributed by atoms with Crippen molar-refractivity contribution in [3.63, 3.8) is 0 Å². The molecule has 2 unspecified atom stereocenters. The SMILES string of the molecule is O=C1NC(=O)C(CCCCBr)N1.O=C1NC(=O)C(CCCCBr)N1. The van der Waals surface area contributed by atoms with Crippen LogP contribution in [0.1, 0.15) is 38.5 Å². The molecule has 2 saturated heterocycles. The number of unbranched alkanes of at least 4 members (excludes halogenated alkanes) is 2. The number of hydrogen-bond donors (Lipinski definition) is 4. The minimum Gasteiger partial charge on any atom is -0.326 e.